The Balaban J connectivity index is 1.51. The van der Waals surface area contributed by atoms with Gasteiger partial charge in [0, 0.05) is 6.04 Å². The standard InChI is InChI=1S/C34H33NO2/c36-33(37-25-26-14-5-1-6-15-26)32-24-27-16-13-23-31(27)35(32)34(28-17-7-2-8-18-28,29-19-9-3-10-20-29)30-21-11-4-12-22-30/h1-12,14-15,17-22,27,31-32H,13,16,23-25H2/t27-,31?,32-/m0/s1. The summed E-state index contributed by atoms with van der Waals surface area (Å²) < 4.78 is 6.03. The highest BCUT2D eigenvalue weighted by molar-refractivity contribution is 5.77. The quantitative estimate of drug-likeness (QED) is 0.208. The van der Waals surface area contributed by atoms with Gasteiger partial charge in [0.1, 0.15) is 12.6 Å². The maximum Gasteiger partial charge on any atom is 0.323 e. The molecule has 3 heteroatoms. The second kappa shape index (κ2) is 10.4. The molecule has 4 aromatic rings. The molecule has 2 fully saturated rings. The zero-order valence-electron chi connectivity index (χ0n) is 21.1. The van der Waals surface area contributed by atoms with Crippen LogP contribution in [0.15, 0.2) is 121 Å². The van der Waals surface area contributed by atoms with Gasteiger partial charge in [0.25, 0.3) is 0 Å². The number of carbonyl (C=O) groups excluding carboxylic acids is 1. The third-order valence-electron chi connectivity index (χ3n) is 8.30. The number of esters is 1. The molecule has 2 aliphatic rings. The Labute approximate surface area is 219 Å². The lowest BCUT2D eigenvalue weighted by molar-refractivity contribution is -0.152. The molecule has 37 heavy (non-hydrogen) atoms. The lowest BCUT2D eigenvalue weighted by Crippen LogP contribution is -2.56. The van der Waals surface area contributed by atoms with Crippen molar-refractivity contribution in [1.82, 2.24) is 4.90 Å². The predicted molar refractivity (Wildman–Crippen MR) is 147 cm³/mol. The summed E-state index contributed by atoms with van der Waals surface area (Å²) in [5.74, 6) is 0.371. The lowest BCUT2D eigenvalue weighted by atomic mass is 9.74. The zero-order chi connectivity index (χ0) is 25.1. The molecule has 1 aliphatic carbocycles. The van der Waals surface area contributed by atoms with E-state index in [0.717, 1.165) is 24.8 Å². The van der Waals surface area contributed by atoms with Crippen LogP contribution in [0.4, 0.5) is 0 Å². The molecular weight excluding hydrogens is 454 g/mol. The molecule has 3 nitrogen and oxygen atoms in total. The molecule has 1 saturated heterocycles. The highest BCUT2D eigenvalue weighted by Crippen LogP contribution is 2.53. The van der Waals surface area contributed by atoms with Crippen molar-refractivity contribution < 1.29 is 9.53 Å². The first kappa shape index (κ1) is 23.7. The summed E-state index contributed by atoms with van der Waals surface area (Å²) in [7, 11) is 0. The van der Waals surface area contributed by atoms with Crippen LogP contribution >= 0.6 is 0 Å². The molecule has 0 radical (unpaired) electrons. The zero-order valence-corrected chi connectivity index (χ0v) is 21.1. The third kappa shape index (κ3) is 4.28. The molecule has 1 unspecified atom stereocenters. The first-order valence-corrected chi connectivity index (χ1v) is 13.4. The van der Waals surface area contributed by atoms with E-state index in [9.17, 15) is 4.79 Å². The fraction of sp³-hybridized carbons (Fsp3) is 0.265. The average Bonchev–Trinajstić information content (AvgIpc) is 3.57. The summed E-state index contributed by atoms with van der Waals surface area (Å²) in [6, 6.07) is 42.2. The van der Waals surface area contributed by atoms with Crippen LogP contribution in [0, 0.1) is 5.92 Å². The van der Waals surface area contributed by atoms with E-state index in [0.29, 0.717) is 18.6 Å². The topological polar surface area (TPSA) is 29.5 Å². The molecule has 1 aliphatic heterocycles. The third-order valence-corrected chi connectivity index (χ3v) is 8.30. The first-order chi connectivity index (χ1) is 18.3. The summed E-state index contributed by atoms with van der Waals surface area (Å²) in [4.78, 5) is 16.5. The highest BCUT2D eigenvalue weighted by Gasteiger charge is 2.57. The fourth-order valence-electron chi connectivity index (χ4n) is 6.79. The van der Waals surface area contributed by atoms with Gasteiger partial charge in [-0.25, -0.2) is 0 Å². The average molecular weight is 488 g/mol. The van der Waals surface area contributed by atoms with Crippen LogP contribution in [0.1, 0.15) is 47.9 Å². The Morgan fingerprint density at radius 3 is 1.70 bits per heavy atom. The summed E-state index contributed by atoms with van der Waals surface area (Å²) in [6.45, 7) is 0.300. The molecule has 0 amide bonds. The Morgan fingerprint density at radius 1 is 0.703 bits per heavy atom. The van der Waals surface area contributed by atoms with Crippen molar-refractivity contribution in [2.45, 2.75) is 49.9 Å². The minimum Gasteiger partial charge on any atom is -0.460 e. The maximum atomic E-state index is 13.9. The van der Waals surface area contributed by atoms with Gasteiger partial charge < -0.3 is 4.74 Å². The van der Waals surface area contributed by atoms with Crippen molar-refractivity contribution in [3.8, 4) is 0 Å². The smallest absolute Gasteiger partial charge is 0.323 e. The van der Waals surface area contributed by atoms with Crippen LogP contribution < -0.4 is 0 Å². The summed E-state index contributed by atoms with van der Waals surface area (Å²) in [5, 5.41) is 0. The van der Waals surface area contributed by atoms with Gasteiger partial charge in [-0.1, -0.05) is 128 Å². The molecule has 0 aromatic heterocycles. The molecule has 3 atom stereocenters. The van der Waals surface area contributed by atoms with Gasteiger partial charge in [-0.15, -0.1) is 0 Å². The van der Waals surface area contributed by atoms with E-state index in [2.05, 4.69) is 95.9 Å². The molecule has 1 heterocycles. The summed E-state index contributed by atoms with van der Waals surface area (Å²) in [5.41, 5.74) is 3.95. The van der Waals surface area contributed by atoms with Crippen LogP contribution in [-0.4, -0.2) is 23.0 Å². The molecule has 4 aromatic carbocycles. The van der Waals surface area contributed by atoms with Crippen molar-refractivity contribution >= 4 is 5.97 Å². The SMILES string of the molecule is O=C(OCc1ccccc1)[C@@H]1C[C@@H]2CCCC2N1C(c1ccccc1)(c1ccccc1)c1ccccc1. The van der Waals surface area contributed by atoms with Gasteiger partial charge in [-0.05, 0) is 47.4 Å². The van der Waals surface area contributed by atoms with Crippen LogP contribution in [0.25, 0.3) is 0 Å². The number of nitrogens with zero attached hydrogens (tertiary/aromatic N) is 1. The Bertz CT molecular complexity index is 1210. The van der Waals surface area contributed by atoms with E-state index in [1.807, 2.05) is 30.3 Å². The van der Waals surface area contributed by atoms with E-state index in [1.165, 1.54) is 23.1 Å². The van der Waals surface area contributed by atoms with Crippen molar-refractivity contribution in [3.05, 3.63) is 144 Å². The number of fused-ring (bicyclic) bond motifs is 1. The Morgan fingerprint density at radius 2 is 1.19 bits per heavy atom. The maximum absolute atomic E-state index is 13.9. The van der Waals surface area contributed by atoms with E-state index < -0.39 is 5.54 Å². The number of benzene rings is 4. The molecule has 0 bridgehead atoms. The molecule has 186 valence electrons. The van der Waals surface area contributed by atoms with Crippen molar-refractivity contribution in [2.24, 2.45) is 5.92 Å². The molecule has 0 spiro atoms. The van der Waals surface area contributed by atoms with Gasteiger partial charge in [-0.3, -0.25) is 9.69 Å². The Kier molecular flexibility index (Phi) is 6.63. The summed E-state index contributed by atoms with van der Waals surface area (Å²) in [6.07, 6.45) is 4.30. The monoisotopic (exact) mass is 487 g/mol. The van der Waals surface area contributed by atoms with Gasteiger partial charge in [0.15, 0.2) is 0 Å². The van der Waals surface area contributed by atoms with Crippen molar-refractivity contribution in [3.63, 3.8) is 0 Å². The van der Waals surface area contributed by atoms with Crippen LogP contribution in [-0.2, 0) is 21.7 Å². The minimum absolute atomic E-state index is 0.120. The van der Waals surface area contributed by atoms with Crippen LogP contribution in [0.5, 0.6) is 0 Å². The second-order valence-corrected chi connectivity index (χ2v) is 10.3. The lowest BCUT2D eigenvalue weighted by Gasteiger charge is -2.48. The van der Waals surface area contributed by atoms with E-state index >= 15 is 0 Å². The number of likely N-dealkylation sites (tertiary alicyclic amines) is 1. The first-order valence-electron chi connectivity index (χ1n) is 13.4. The number of carbonyl (C=O) groups is 1. The number of hydrogen-bond acceptors (Lipinski definition) is 3. The highest BCUT2D eigenvalue weighted by atomic mass is 16.5. The predicted octanol–water partition coefficient (Wildman–Crippen LogP) is 6.96. The normalized spacial score (nSPS) is 21.5. The van der Waals surface area contributed by atoms with E-state index in [-0.39, 0.29) is 12.0 Å². The molecule has 1 saturated carbocycles. The van der Waals surface area contributed by atoms with Crippen molar-refractivity contribution in [2.75, 3.05) is 0 Å². The molecule has 6 rings (SSSR count). The van der Waals surface area contributed by atoms with Crippen molar-refractivity contribution in [1.29, 1.82) is 0 Å². The van der Waals surface area contributed by atoms with E-state index in [4.69, 9.17) is 4.74 Å². The van der Waals surface area contributed by atoms with Gasteiger partial charge in [-0.2, -0.15) is 0 Å². The van der Waals surface area contributed by atoms with Crippen LogP contribution in [0.2, 0.25) is 0 Å². The Hall–Kier alpha value is -3.69. The second-order valence-electron chi connectivity index (χ2n) is 10.3. The number of hydrogen-bond donors (Lipinski definition) is 0. The largest absolute Gasteiger partial charge is 0.460 e. The van der Waals surface area contributed by atoms with Gasteiger partial charge in [0.2, 0.25) is 0 Å². The minimum atomic E-state index is -0.607. The fourth-order valence-corrected chi connectivity index (χ4v) is 6.79. The summed E-state index contributed by atoms with van der Waals surface area (Å²) >= 11 is 0. The van der Waals surface area contributed by atoms with Gasteiger partial charge in [0.05, 0.1) is 5.54 Å². The molecular formula is C34H33NO2. The van der Waals surface area contributed by atoms with Crippen LogP contribution in [0.3, 0.4) is 0 Å². The van der Waals surface area contributed by atoms with Gasteiger partial charge >= 0.3 is 5.97 Å². The molecule has 0 N–H and O–H groups in total. The number of ether oxygens (including phenoxy) is 1. The number of rotatable bonds is 7. The van der Waals surface area contributed by atoms with E-state index in [1.54, 1.807) is 0 Å².